The summed E-state index contributed by atoms with van der Waals surface area (Å²) >= 11 is 0. The van der Waals surface area contributed by atoms with E-state index in [9.17, 15) is 4.79 Å². The van der Waals surface area contributed by atoms with E-state index in [1.165, 1.54) is 0 Å². The van der Waals surface area contributed by atoms with Crippen molar-refractivity contribution in [1.82, 2.24) is 5.32 Å². The van der Waals surface area contributed by atoms with Gasteiger partial charge in [0.15, 0.2) is 0 Å². The molecule has 1 saturated carbocycles. The number of rotatable bonds is 6. The van der Waals surface area contributed by atoms with Gasteiger partial charge < -0.3 is 15.8 Å². The highest BCUT2D eigenvalue weighted by Crippen LogP contribution is 2.24. The molecule has 0 aliphatic heterocycles. The molecule has 126 valence electrons. The fraction of sp³-hybridized carbons (Fsp3) is 0.350. The Hall–Kier alpha value is -2.33. The zero-order valence-corrected chi connectivity index (χ0v) is 13.8. The first-order valence-corrected chi connectivity index (χ1v) is 8.51. The second-order valence-electron chi connectivity index (χ2n) is 6.34. The largest absolute Gasteiger partial charge is 0.489 e. The minimum absolute atomic E-state index is 0.0127. The standard InChI is InChI=1S/C20H24N2O2/c21-19-8-4-7-18(19)20(23)22-13-15-9-11-17(12-10-15)24-14-16-5-2-1-3-6-16/h1-3,5-6,9-12,18-19H,4,7-8,13-14,21H2,(H,22,23). The maximum absolute atomic E-state index is 12.1. The quantitative estimate of drug-likeness (QED) is 0.858. The summed E-state index contributed by atoms with van der Waals surface area (Å²) < 4.78 is 5.76. The molecule has 1 aliphatic carbocycles. The lowest BCUT2D eigenvalue weighted by molar-refractivity contribution is -0.125. The molecule has 3 rings (SSSR count). The van der Waals surface area contributed by atoms with Crippen LogP contribution in [0.3, 0.4) is 0 Å². The average molecular weight is 324 g/mol. The van der Waals surface area contributed by atoms with Gasteiger partial charge in [-0.05, 0) is 36.1 Å². The smallest absolute Gasteiger partial charge is 0.224 e. The third-order valence-electron chi connectivity index (χ3n) is 4.54. The van der Waals surface area contributed by atoms with Crippen molar-refractivity contribution in [3.8, 4) is 5.75 Å². The number of carbonyl (C=O) groups excluding carboxylic acids is 1. The predicted molar refractivity (Wildman–Crippen MR) is 94.4 cm³/mol. The summed E-state index contributed by atoms with van der Waals surface area (Å²) in [7, 11) is 0. The zero-order chi connectivity index (χ0) is 16.8. The summed E-state index contributed by atoms with van der Waals surface area (Å²) in [5.41, 5.74) is 8.17. The van der Waals surface area contributed by atoms with Gasteiger partial charge in [-0.25, -0.2) is 0 Å². The van der Waals surface area contributed by atoms with E-state index in [-0.39, 0.29) is 17.9 Å². The van der Waals surface area contributed by atoms with Gasteiger partial charge in [0.25, 0.3) is 0 Å². The van der Waals surface area contributed by atoms with Crippen molar-refractivity contribution in [3.05, 3.63) is 65.7 Å². The van der Waals surface area contributed by atoms with Crippen molar-refractivity contribution in [2.75, 3.05) is 0 Å². The summed E-state index contributed by atoms with van der Waals surface area (Å²) in [5.74, 6) is 0.870. The van der Waals surface area contributed by atoms with Gasteiger partial charge >= 0.3 is 0 Å². The summed E-state index contributed by atoms with van der Waals surface area (Å²) in [5, 5.41) is 2.99. The van der Waals surface area contributed by atoms with Crippen LogP contribution in [0.5, 0.6) is 5.75 Å². The SMILES string of the molecule is NC1CCCC1C(=O)NCc1ccc(OCc2ccccc2)cc1. The number of nitrogens with one attached hydrogen (secondary N) is 1. The highest BCUT2D eigenvalue weighted by Gasteiger charge is 2.29. The lowest BCUT2D eigenvalue weighted by atomic mass is 10.0. The van der Waals surface area contributed by atoms with E-state index in [0.29, 0.717) is 13.2 Å². The maximum Gasteiger partial charge on any atom is 0.224 e. The van der Waals surface area contributed by atoms with Gasteiger partial charge in [-0.15, -0.1) is 0 Å². The predicted octanol–water partition coefficient (Wildman–Crippen LogP) is 3.01. The minimum Gasteiger partial charge on any atom is -0.489 e. The van der Waals surface area contributed by atoms with Crippen molar-refractivity contribution in [2.45, 2.75) is 38.5 Å². The number of hydrogen-bond acceptors (Lipinski definition) is 3. The lowest BCUT2D eigenvalue weighted by Crippen LogP contribution is -2.38. The summed E-state index contributed by atoms with van der Waals surface area (Å²) in [6.07, 6.45) is 2.90. The van der Waals surface area contributed by atoms with Gasteiger partial charge in [-0.1, -0.05) is 48.9 Å². The first-order valence-electron chi connectivity index (χ1n) is 8.51. The van der Waals surface area contributed by atoms with E-state index >= 15 is 0 Å². The number of nitrogens with two attached hydrogens (primary N) is 1. The molecule has 0 aromatic heterocycles. The fourth-order valence-electron chi connectivity index (χ4n) is 3.08. The van der Waals surface area contributed by atoms with Gasteiger partial charge in [0.2, 0.25) is 5.91 Å². The number of amides is 1. The number of carbonyl (C=O) groups is 1. The highest BCUT2D eigenvalue weighted by atomic mass is 16.5. The molecule has 0 heterocycles. The first-order chi connectivity index (χ1) is 11.7. The van der Waals surface area contributed by atoms with Crippen molar-refractivity contribution >= 4 is 5.91 Å². The van der Waals surface area contributed by atoms with Crippen LogP contribution in [-0.2, 0) is 17.9 Å². The molecule has 2 atom stereocenters. The molecule has 0 spiro atoms. The van der Waals surface area contributed by atoms with Gasteiger partial charge in [0.05, 0.1) is 5.92 Å². The van der Waals surface area contributed by atoms with Crippen LogP contribution in [0.4, 0.5) is 0 Å². The minimum atomic E-state index is -0.0292. The van der Waals surface area contributed by atoms with Gasteiger partial charge in [-0.3, -0.25) is 4.79 Å². The van der Waals surface area contributed by atoms with Crippen molar-refractivity contribution in [1.29, 1.82) is 0 Å². The lowest BCUT2D eigenvalue weighted by Gasteiger charge is -2.15. The molecule has 0 bridgehead atoms. The third-order valence-corrected chi connectivity index (χ3v) is 4.54. The van der Waals surface area contributed by atoms with E-state index < -0.39 is 0 Å². The molecule has 1 amide bonds. The van der Waals surface area contributed by atoms with Gasteiger partial charge in [0.1, 0.15) is 12.4 Å². The zero-order valence-electron chi connectivity index (χ0n) is 13.8. The van der Waals surface area contributed by atoms with E-state index in [1.54, 1.807) is 0 Å². The average Bonchev–Trinajstić information content (AvgIpc) is 3.06. The molecule has 2 unspecified atom stereocenters. The van der Waals surface area contributed by atoms with E-state index in [0.717, 1.165) is 36.1 Å². The molecule has 4 nitrogen and oxygen atoms in total. The Morgan fingerprint density at radius 3 is 2.46 bits per heavy atom. The molecule has 24 heavy (non-hydrogen) atoms. The molecule has 0 radical (unpaired) electrons. The Morgan fingerprint density at radius 1 is 1.04 bits per heavy atom. The monoisotopic (exact) mass is 324 g/mol. The van der Waals surface area contributed by atoms with Gasteiger partial charge in [-0.2, -0.15) is 0 Å². The molecular formula is C20H24N2O2. The summed E-state index contributed by atoms with van der Waals surface area (Å²) in [4.78, 5) is 12.1. The molecule has 2 aromatic carbocycles. The Bertz CT molecular complexity index is 655. The Morgan fingerprint density at radius 2 is 1.79 bits per heavy atom. The van der Waals surface area contributed by atoms with Crippen LogP contribution >= 0.6 is 0 Å². The van der Waals surface area contributed by atoms with Crippen molar-refractivity contribution < 1.29 is 9.53 Å². The number of hydrogen-bond donors (Lipinski definition) is 2. The Balaban J connectivity index is 1.47. The molecular weight excluding hydrogens is 300 g/mol. The van der Waals surface area contributed by atoms with E-state index in [4.69, 9.17) is 10.5 Å². The van der Waals surface area contributed by atoms with Crippen molar-refractivity contribution in [3.63, 3.8) is 0 Å². The normalized spacial score (nSPS) is 19.9. The van der Waals surface area contributed by atoms with Crippen LogP contribution in [-0.4, -0.2) is 11.9 Å². The van der Waals surface area contributed by atoms with Crippen LogP contribution in [0.15, 0.2) is 54.6 Å². The third kappa shape index (κ3) is 4.36. The first kappa shape index (κ1) is 16.5. The summed E-state index contributed by atoms with van der Waals surface area (Å²) in [6, 6.07) is 17.9. The fourth-order valence-corrected chi connectivity index (χ4v) is 3.08. The van der Waals surface area contributed by atoms with Crippen LogP contribution < -0.4 is 15.8 Å². The van der Waals surface area contributed by atoms with Gasteiger partial charge in [0, 0.05) is 12.6 Å². The topological polar surface area (TPSA) is 64.4 Å². The van der Waals surface area contributed by atoms with Crippen LogP contribution in [0.1, 0.15) is 30.4 Å². The Labute approximate surface area is 143 Å². The molecule has 2 aromatic rings. The molecule has 4 heteroatoms. The van der Waals surface area contributed by atoms with Crippen LogP contribution in [0.2, 0.25) is 0 Å². The number of ether oxygens (including phenoxy) is 1. The molecule has 3 N–H and O–H groups in total. The van der Waals surface area contributed by atoms with Crippen molar-refractivity contribution in [2.24, 2.45) is 11.7 Å². The summed E-state index contributed by atoms with van der Waals surface area (Å²) in [6.45, 7) is 1.08. The number of benzene rings is 2. The van der Waals surface area contributed by atoms with E-state index in [1.807, 2.05) is 54.6 Å². The van der Waals surface area contributed by atoms with Crippen LogP contribution in [0, 0.1) is 5.92 Å². The van der Waals surface area contributed by atoms with Crippen LogP contribution in [0.25, 0.3) is 0 Å². The van der Waals surface area contributed by atoms with E-state index in [2.05, 4.69) is 5.32 Å². The Kier molecular flexibility index (Phi) is 5.49. The molecule has 0 saturated heterocycles. The molecule has 1 aliphatic rings. The molecule has 1 fully saturated rings. The highest BCUT2D eigenvalue weighted by molar-refractivity contribution is 5.79. The maximum atomic E-state index is 12.1. The second kappa shape index (κ2) is 7.97. The second-order valence-corrected chi connectivity index (χ2v) is 6.34.